The molecule has 216 valence electrons. The number of fused-ring (bicyclic) bond motifs is 1. The van der Waals surface area contributed by atoms with E-state index in [2.05, 4.69) is 31.2 Å². The van der Waals surface area contributed by atoms with Crippen molar-refractivity contribution in [1.82, 2.24) is 30.8 Å². The van der Waals surface area contributed by atoms with Gasteiger partial charge in [0, 0.05) is 18.1 Å². The minimum absolute atomic E-state index is 0.120. The zero-order valence-electron chi connectivity index (χ0n) is 21.7. The SMILES string of the molecule is O=C(CN1C(=O)N[C@@H](CCCNc2nc3ccccc3[nH]2)C1=O)NC[C@H](NC(=O)OCc1ccc(Cl)cc1)C(=O)O. The van der Waals surface area contributed by atoms with Crippen LogP contribution in [0.3, 0.4) is 0 Å². The van der Waals surface area contributed by atoms with Crippen molar-refractivity contribution in [2.75, 3.05) is 25.0 Å². The summed E-state index contributed by atoms with van der Waals surface area (Å²) in [5.41, 5.74) is 2.35. The molecule has 1 saturated heterocycles. The van der Waals surface area contributed by atoms with Crippen LogP contribution in [0.2, 0.25) is 5.02 Å². The number of carbonyl (C=O) groups is 5. The molecule has 6 N–H and O–H groups in total. The van der Waals surface area contributed by atoms with E-state index in [-0.39, 0.29) is 6.61 Å². The predicted octanol–water partition coefficient (Wildman–Crippen LogP) is 1.82. The third kappa shape index (κ3) is 8.08. The number of anilines is 1. The predicted molar refractivity (Wildman–Crippen MR) is 147 cm³/mol. The maximum Gasteiger partial charge on any atom is 0.408 e. The Morgan fingerprint density at radius 1 is 1.12 bits per heavy atom. The minimum atomic E-state index is -1.51. The summed E-state index contributed by atoms with van der Waals surface area (Å²) in [4.78, 5) is 69.2. The van der Waals surface area contributed by atoms with Crippen molar-refractivity contribution in [2.24, 2.45) is 0 Å². The first kappa shape index (κ1) is 29.1. The second-order valence-corrected chi connectivity index (χ2v) is 9.58. The lowest BCUT2D eigenvalue weighted by molar-refractivity contribution is -0.139. The molecule has 14 nitrogen and oxygen atoms in total. The average Bonchev–Trinajstić information content (AvgIpc) is 3.48. The van der Waals surface area contributed by atoms with E-state index in [0.29, 0.717) is 35.9 Å². The summed E-state index contributed by atoms with van der Waals surface area (Å²) in [6.07, 6.45) is -0.138. The highest BCUT2D eigenvalue weighted by molar-refractivity contribution is 6.30. The number of aromatic nitrogens is 2. The number of carbonyl (C=O) groups excluding carboxylic acids is 4. The molecule has 0 radical (unpaired) electrons. The highest BCUT2D eigenvalue weighted by Gasteiger charge is 2.38. The van der Waals surface area contributed by atoms with Gasteiger partial charge in [0.15, 0.2) is 0 Å². The Kier molecular flexibility index (Phi) is 9.58. The molecular formula is C26H28ClN7O7. The number of imide groups is 1. The largest absolute Gasteiger partial charge is 0.480 e. The maximum absolute atomic E-state index is 12.7. The Morgan fingerprint density at radius 3 is 2.61 bits per heavy atom. The number of carboxylic acid groups (broad SMARTS) is 1. The summed E-state index contributed by atoms with van der Waals surface area (Å²) >= 11 is 5.80. The molecule has 1 aliphatic rings. The number of alkyl carbamates (subject to hydrolysis) is 1. The quantitative estimate of drug-likeness (QED) is 0.128. The van der Waals surface area contributed by atoms with Gasteiger partial charge in [-0.2, -0.15) is 0 Å². The van der Waals surface area contributed by atoms with E-state index in [1.54, 1.807) is 24.3 Å². The Labute approximate surface area is 238 Å². The van der Waals surface area contributed by atoms with E-state index < -0.39 is 55.1 Å². The van der Waals surface area contributed by atoms with Gasteiger partial charge in [0.2, 0.25) is 11.9 Å². The summed E-state index contributed by atoms with van der Waals surface area (Å²) in [5, 5.41) is 20.0. The molecule has 5 amide bonds. The number of urea groups is 1. The van der Waals surface area contributed by atoms with Crippen LogP contribution in [0, 0.1) is 0 Å². The Morgan fingerprint density at radius 2 is 1.88 bits per heavy atom. The van der Waals surface area contributed by atoms with Gasteiger partial charge < -0.3 is 36.1 Å². The Hall–Kier alpha value is -4.85. The third-order valence-electron chi connectivity index (χ3n) is 6.14. The van der Waals surface area contributed by atoms with Crippen molar-refractivity contribution < 1.29 is 33.8 Å². The number of halogens is 1. The standard InChI is InChI=1S/C26H28ClN7O7/c27-16-9-7-15(8-10-16)14-41-26(40)33-20(23(37)38)12-29-21(35)13-34-22(36)19(32-25(34)39)6-3-11-28-24-30-17-4-1-2-5-18(17)31-24/h1-2,4-5,7-10,19-20H,3,6,11-14H2,(H,29,35)(H,32,39)(H,33,40)(H,37,38)(H2,28,30,31)/t19-,20-/m0/s1. The van der Waals surface area contributed by atoms with Crippen LogP contribution < -0.4 is 21.3 Å². The lowest BCUT2D eigenvalue weighted by atomic mass is 10.1. The molecule has 15 heteroatoms. The molecular weight excluding hydrogens is 558 g/mol. The first-order valence-corrected chi connectivity index (χ1v) is 13.0. The zero-order chi connectivity index (χ0) is 29.4. The number of nitrogens with zero attached hydrogens (tertiary/aromatic N) is 2. The molecule has 1 aromatic heterocycles. The second-order valence-electron chi connectivity index (χ2n) is 9.14. The number of hydrogen-bond acceptors (Lipinski definition) is 8. The van der Waals surface area contributed by atoms with Crippen LogP contribution in [0.25, 0.3) is 11.0 Å². The van der Waals surface area contributed by atoms with Crippen LogP contribution >= 0.6 is 11.6 Å². The van der Waals surface area contributed by atoms with E-state index in [1.807, 2.05) is 24.3 Å². The highest BCUT2D eigenvalue weighted by Crippen LogP contribution is 2.15. The fourth-order valence-electron chi connectivity index (χ4n) is 4.00. The van der Waals surface area contributed by atoms with Crippen LogP contribution in [0.5, 0.6) is 0 Å². The first-order chi connectivity index (χ1) is 19.7. The van der Waals surface area contributed by atoms with Gasteiger partial charge in [-0.25, -0.2) is 19.4 Å². The fraction of sp³-hybridized carbons (Fsp3) is 0.308. The number of rotatable bonds is 13. The van der Waals surface area contributed by atoms with E-state index >= 15 is 0 Å². The Bertz CT molecular complexity index is 1400. The molecule has 2 aromatic carbocycles. The van der Waals surface area contributed by atoms with E-state index in [9.17, 15) is 29.1 Å². The fourth-order valence-corrected chi connectivity index (χ4v) is 4.13. The number of amides is 5. The molecule has 0 spiro atoms. The maximum atomic E-state index is 12.7. The van der Waals surface area contributed by atoms with E-state index in [0.717, 1.165) is 15.9 Å². The third-order valence-corrected chi connectivity index (χ3v) is 6.39. The summed E-state index contributed by atoms with van der Waals surface area (Å²) in [6.45, 7) is -0.729. The van der Waals surface area contributed by atoms with Gasteiger partial charge in [0.05, 0.1) is 11.0 Å². The molecule has 0 unspecified atom stereocenters. The molecule has 2 atom stereocenters. The number of H-pyrrole nitrogens is 1. The van der Waals surface area contributed by atoms with Crippen LogP contribution in [0.1, 0.15) is 18.4 Å². The summed E-state index contributed by atoms with van der Waals surface area (Å²) in [7, 11) is 0. The zero-order valence-corrected chi connectivity index (χ0v) is 22.4. The number of imidazole rings is 1. The van der Waals surface area contributed by atoms with Crippen molar-refractivity contribution in [3.63, 3.8) is 0 Å². The monoisotopic (exact) mass is 585 g/mol. The lowest BCUT2D eigenvalue weighted by Crippen LogP contribution is -2.50. The topological polar surface area (TPSA) is 195 Å². The molecule has 0 bridgehead atoms. The molecule has 3 aromatic rings. The van der Waals surface area contributed by atoms with Crippen LogP contribution in [0.15, 0.2) is 48.5 Å². The molecule has 1 aliphatic heterocycles. The number of aliphatic carboxylic acids is 1. The van der Waals surface area contributed by atoms with E-state index in [1.165, 1.54) is 0 Å². The minimum Gasteiger partial charge on any atom is -0.480 e. The number of benzene rings is 2. The molecule has 0 saturated carbocycles. The number of hydrogen-bond donors (Lipinski definition) is 6. The first-order valence-electron chi connectivity index (χ1n) is 12.7. The van der Waals surface area contributed by atoms with Gasteiger partial charge in [-0.15, -0.1) is 0 Å². The van der Waals surface area contributed by atoms with Gasteiger partial charge in [-0.3, -0.25) is 14.5 Å². The summed E-state index contributed by atoms with van der Waals surface area (Å²) in [5.74, 6) is -2.16. The van der Waals surface area contributed by atoms with Crippen LogP contribution in [-0.2, 0) is 25.7 Å². The van der Waals surface area contributed by atoms with Crippen molar-refractivity contribution in [3.05, 3.63) is 59.1 Å². The van der Waals surface area contributed by atoms with Gasteiger partial charge in [0.1, 0.15) is 25.2 Å². The number of ether oxygens (including phenoxy) is 1. The van der Waals surface area contributed by atoms with Gasteiger partial charge in [0.25, 0.3) is 5.91 Å². The average molecular weight is 586 g/mol. The second kappa shape index (κ2) is 13.5. The lowest BCUT2D eigenvalue weighted by Gasteiger charge is -2.17. The Balaban J connectivity index is 1.17. The van der Waals surface area contributed by atoms with Crippen LogP contribution in [0.4, 0.5) is 15.5 Å². The highest BCUT2D eigenvalue weighted by atomic mass is 35.5. The molecule has 2 heterocycles. The van der Waals surface area contributed by atoms with Crippen molar-refractivity contribution >= 4 is 58.5 Å². The number of carboxylic acids is 1. The van der Waals surface area contributed by atoms with Crippen molar-refractivity contribution in [1.29, 1.82) is 0 Å². The van der Waals surface area contributed by atoms with Crippen molar-refractivity contribution in [3.8, 4) is 0 Å². The van der Waals surface area contributed by atoms with Crippen molar-refractivity contribution in [2.45, 2.75) is 31.5 Å². The number of nitrogens with one attached hydrogen (secondary N) is 5. The molecule has 4 rings (SSSR count). The normalized spacial score (nSPS) is 15.3. The van der Waals surface area contributed by atoms with Gasteiger partial charge >= 0.3 is 18.1 Å². The summed E-state index contributed by atoms with van der Waals surface area (Å²) < 4.78 is 5.00. The summed E-state index contributed by atoms with van der Waals surface area (Å²) in [6, 6.07) is 11.1. The smallest absolute Gasteiger partial charge is 0.408 e. The van der Waals surface area contributed by atoms with Gasteiger partial charge in [-0.05, 0) is 42.7 Å². The molecule has 41 heavy (non-hydrogen) atoms. The number of aromatic amines is 1. The number of para-hydroxylation sites is 2. The van der Waals surface area contributed by atoms with Gasteiger partial charge in [-0.1, -0.05) is 35.9 Å². The van der Waals surface area contributed by atoms with Crippen LogP contribution in [-0.4, -0.2) is 81.6 Å². The molecule has 1 fully saturated rings. The molecule has 0 aliphatic carbocycles. The van der Waals surface area contributed by atoms with E-state index in [4.69, 9.17) is 16.3 Å².